The molecule has 1 unspecified atom stereocenters. The Balaban J connectivity index is 1.66. The van der Waals surface area contributed by atoms with Gasteiger partial charge in [0.25, 0.3) is 0 Å². The molecule has 0 aliphatic heterocycles. The predicted molar refractivity (Wildman–Crippen MR) is 75.7 cm³/mol. The van der Waals surface area contributed by atoms with E-state index in [4.69, 9.17) is 5.11 Å². The summed E-state index contributed by atoms with van der Waals surface area (Å²) in [5.74, 6) is 0.728. The van der Waals surface area contributed by atoms with Gasteiger partial charge in [0.1, 0.15) is 0 Å². The van der Waals surface area contributed by atoms with Gasteiger partial charge in [0.2, 0.25) is 5.91 Å². The molecular formula is C16H23NO2. The Hall–Kier alpha value is -1.35. The summed E-state index contributed by atoms with van der Waals surface area (Å²) in [6.45, 7) is 0.158. The van der Waals surface area contributed by atoms with Crippen molar-refractivity contribution in [1.29, 1.82) is 0 Å². The smallest absolute Gasteiger partial charge is 0.220 e. The molecule has 0 radical (unpaired) electrons. The van der Waals surface area contributed by atoms with Gasteiger partial charge in [-0.1, -0.05) is 30.3 Å². The molecule has 1 aromatic carbocycles. The number of aliphatic hydroxyl groups excluding tert-OH is 1. The van der Waals surface area contributed by atoms with Crippen LogP contribution in [0.1, 0.15) is 37.7 Å². The largest absolute Gasteiger partial charge is 0.396 e. The molecule has 1 aliphatic carbocycles. The third-order valence-electron chi connectivity index (χ3n) is 3.69. The van der Waals surface area contributed by atoms with Crippen LogP contribution < -0.4 is 5.32 Å². The number of aliphatic hydroxyl groups is 1. The van der Waals surface area contributed by atoms with Crippen molar-refractivity contribution in [1.82, 2.24) is 5.32 Å². The molecule has 1 amide bonds. The SMILES string of the molecule is O=C(CCCc1ccccc1)NC(CCO)C1CC1. The molecule has 0 heterocycles. The van der Waals surface area contributed by atoms with Crippen LogP contribution in [0, 0.1) is 5.92 Å². The van der Waals surface area contributed by atoms with E-state index in [9.17, 15) is 4.79 Å². The normalized spacial score (nSPS) is 16.1. The fourth-order valence-corrected chi connectivity index (χ4v) is 2.44. The third-order valence-corrected chi connectivity index (χ3v) is 3.69. The molecular weight excluding hydrogens is 238 g/mol. The summed E-state index contributed by atoms with van der Waals surface area (Å²) >= 11 is 0. The monoisotopic (exact) mass is 261 g/mol. The lowest BCUT2D eigenvalue weighted by Gasteiger charge is -2.17. The molecule has 1 saturated carbocycles. The van der Waals surface area contributed by atoms with Gasteiger partial charge in [0.15, 0.2) is 0 Å². The molecule has 3 heteroatoms. The lowest BCUT2D eigenvalue weighted by atomic mass is 10.1. The van der Waals surface area contributed by atoms with E-state index in [0.29, 0.717) is 18.8 Å². The standard InChI is InChI=1S/C16H23NO2/c18-12-11-15(14-9-10-14)17-16(19)8-4-7-13-5-2-1-3-6-13/h1-3,5-6,14-15,18H,4,7-12H2,(H,17,19). The van der Waals surface area contributed by atoms with Crippen molar-refractivity contribution in [2.45, 2.75) is 44.6 Å². The molecule has 19 heavy (non-hydrogen) atoms. The van der Waals surface area contributed by atoms with Crippen LogP contribution in [0.4, 0.5) is 0 Å². The van der Waals surface area contributed by atoms with Gasteiger partial charge in [0, 0.05) is 19.1 Å². The van der Waals surface area contributed by atoms with E-state index in [-0.39, 0.29) is 18.6 Å². The molecule has 3 nitrogen and oxygen atoms in total. The van der Waals surface area contributed by atoms with Gasteiger partial charge in [-0.15, -0.1) is 0 Å². The Morgan fingerprint density at radius 2 is 2.05 bits per heavy atom. The summed E-state index contributed by atoms with van der Waals surface area (Å²) in [5, 5.41) is 12.1. The van der Waals surface area contributed by atoms with Gasteiger partial charge in [-0.3, -0.25) is 4.79 Å². The van der Waals surface area contributed by atoms with Crippen LogP contribution in [0.2, 0.25) is 0 Å². The second-order valence-corrected chi connectivity index (χ2v) is 5.36. The fourth-order valence-electron chi connectivity index (χ4n) is 2.44. The van der Waals surface area contributed by atoms with E-state index >= 15 is 0 Å². The molecule has 0 spiro atoms. The first-order valence-electron chi connectivity index (χ1n) is 7.23. The minimum atomic E-state index is 0.126. The summed E-state index contributed by atoms with van der Waals surface area (Å²) in [4.78, 5) is 11.9. The molecule has 0 saturated heterocycles. The van der Waals surface area contributed by atoms with Crippen molar-refractivity contribution in [2.24, 2.45) is 5.92 Å². The summed E-state index contributed by atoms with van der Waals surface area (Å²) < 4.78 is 0. The number of nitrogens with one attached hydrogen (secondary N) is 1. The number of benzene rings is 1. The number of hydrogen-bond donors (Lipinski definition) is 2. The van der Waals surface area contributed by atoms with Crippen LogP contribution in [0.25, 0.3) is 0 Å². The zero-order chi connectivity index (χ0) is 13.5. The first kappa shape index (κ1) is 14.1. The summed E-state index contributed by atoms with van der Waals surface area (Å²) in [6.07, 6.45) is 5.47. The number of rotatable bonds is 8. The van der Waals surface area contributed by atoms with Crippen LogP contribution in [0.5, 0.6) is 0 Å². The Morgan fingerprint density at radius 3 is 2.68 bits per heavy atom. The minimum absolute atomic E-state index is 0.126. The molecule has 1 fully saturated rings. The first-order chi connectivity index (χ1) is 9.29. The Morgan fingerprint density at radius 1 is 1.32 bits per heavy atom. The van der Waals surface area contributed by atoms with Gasteiger partial charge in [0.05, 0.1) is 0 Å². The maximum absolute atomic E-state index is 11.9. The average molecular weight is 261 g/mol. The zero-order valence-corrected chi connectivity index (χ0v) is 11.3. The highest BCUT2D eigenvalue weighted by molar-refractivity contribution is 5.76. The van der Waals surface area contributed by atoms with Crippen LogP contribution in [-0.4, -0.2) is 23.7 Å². The molecule has 2 rings (SSSR count). The molecule has 1 atom stereocenters. The number of aryl methyl sites for hydroxylation is 1. The molecule has 2 N–H and O–H groups in total. The average Bonchev–Trinajstić information content (AvgIpc) is 3.24. The van der Waals surface area contributed by atoms with Crippen molar-refractivity contribution in [3.05, 3.63) is 35.9 Å². The maximum atomic E-state index is 11.9. The first-order valence-corrected chi connectivity index (χ1v) is 7.23. The second-order valence-electron chi connectivity index (χ2n) is 5.36. The Bertz CT molecular complexity index is 387. The lowest BCUT2D eigenvalue weighted by Crippen LogP contribution is -2.37. The van der Waals surface area contributed by atoms with Crippen LogP contribution >= 0.6 is 0 Å². The van der Waals surface area contributed by atoms with E-state index in [1.54, 1.807) is 0 Å². The number of carbonyl (C=O) groups excluding carboxylic acids is 1. The minimum Gasteiger partial charge on any atom is -0.396 e. The summed E-state index contributed by atoms with van der Waals surface area (Å²) in [6, 6.07) is 10.4. The van der Waals surface area contributed by atoms with Gasteiger partial charge in [-0.2, -0.15) is 0 Å². The molecule has 0 aromatic heterocycles. The quantitative estimate of drug-likeness (QED) is 0.754. The van der Waals surface area contributed by atoms with Gasteiger partial charge in [-0.25, -0.2) is 0 Å². The maximum Gasteiger partial charge on any atom is 0.220 e. The molecule has 0 bridgehead atoms. The molecule has 1 aliphatic rings. The van der Waals surface area contributed by atoms with E-state index in [1.165, 1.54) is 18.4 Å². The highest BCUT2D eigenvalue weighted by atomic mass is 16.3. The van der Waals surface area contributed by atoms with Crippen molar-refractivity contribution >= 4 is 5.91 Å². The van der Waals surface area contributed by atoms with E-state index in [2.05, 4.69) is 17.4 Å². The molecule has 1 aromatic rings. The Labute approximate surface area is 115 Å². The highest BCUT2D eigenvalue weighted by Gasteiger charge is 2.31. The van der Waals surface area contributed by atoms with E-state index in [0.717, 1.165) is 12.8 Å². The topological polar surface area (TPSA) is 49.3 Å². The van der Waals surface area contributed by atoms with Crippen molar-refractivity contribution < 1.29 is 9.90 Å². The lowest BCUT2D eigenvalue weighted by molar-refractivity contribution is -0.122. The third kappa shape index (κ3) is 5.03. The van der Waals surface area contributed by atoms with Gasteiger partial charge >= 0.3 is 0 Å². The second kappa shape index (κ2) is 7.29. The number of amides is 1. The van der Waals surface area contributed by atoms with Crippen molar-refractivity contribution in [3.63, 3.8) is 0 Å². The molecule has 104 valence electrons. The van der Waals surface area contributed by atoms with E-state index in [1.807, 2.05) is 18.2 Å². The van der Waals surface area contributed by atoms with Crippen LogP contribution in [-0.2, 0) is 11.2 Å². The van der Waals surface area contributed by atoms with Crippen molar-refractivity contribution in [3.8, 4) is 0 Å². The highest BCUT2D eigenvalue weighted by Crippen LogP contribution is 2.33. The van der Waals surface area contributed by atoms with E-state index < -0.39 is 0 Å². The summed E-state index contributed by atoms with van der Waals surface area (Å²) in [5.41, 5.74) is 1.28. The van der Waals surface area contributed by atoms with Crippen LogP contribution in [0.3, 0.4) is 0 Å². The van der Waals surface area contributed by atoms with Gasteiger partial charge in [-0.05, 0) is 43.6 Å². The zero-order valence-electron chi connectivity index (χ0n) is 11.3. The van der Waals surface area contributed by atoms with Crippen molar-refractivity contribution in [2.75, 3.05) is 6.61 Å². The van der Waals surface area contributed by atoms with Gasteiger partial charge < -0.3 is 10.4 Å². The predicted octanol–water partition coefficient (Wildman–Crippen LogP) is 2.29. The number of hydrogen-bond acceptors (Lipinski definition) is 2. The van der Waals surface area contributed by atoms with Crippen LogP contribution in [0.15, 0.2) is 30.3 Å². The Kier molecular flexibility index (Phi) is 5.40. The number of carbonyl (C=O) groups is 1. The summed E-state index contributed by atoms with van der Waals surface area (Å²) in [7, 11) is 0. The fraction of sp³-hybridized carbons (Fsp3) is 0.562.